The van der Waals surface area contributed by atoms with Gasteiger partial charge in [-0.25, -0.2) is 0 Å². The zero-order chi connectivity index (χ0) is 16.4. The van der Waals surface area contributed by atoms with Gasteiger partial charge in [0.05, 0.1) is 37.9 Å². The Hall–Kier alpha value is -1.52. The molecule has 0 heterocycles. The van der Waals surface area contributed by atoms with Crippen LogP contribution >= 0.6 is 0 Å². The van der Waals surface area contributed by atoms with Crippen LogP contribution in [-0.2, 0) is 23.8 Å². The Morgan fingerprint density at radius 3 is 2.09 bits per heavy atom. The lowest BCUT2D eigenvalue weighted by Crippen LogP contribution is -2.35. The van der Waals surface area contributed by atoms with Crippen molar-refractivity contribution < 1.29 is 23.8 Å². The molecule has 5 nitrogen and oxygen atoms in total. The number of ether oxygens (including phenoxy) is 3. The Balaban J connectivity index is 2.67. The Kier molecular flexibility index (Phi) is 8.63. The molecule has 0 fully saturated rings. The minimum atomic E-state index is -0.508. The third kappa shape index (κ3) is 5.70. The van der Waals surface area contributed by atoms with E-state index < -0.39 is 11.8 Å². The van der Waals surface area contributed by atoms with Gasteiger partial charge in [-0.05, 0) is 25.3 Å². The molecule has 0 aliphatic heterocycles. The van der Waals surface area contributed by atoms with Crippen LogP contribution in [0.5, 0.6) is 0 Å². The summed E-state index contributed by atoms with van der Waals surface area (Å²) in [4.78, 5) is 24.5. The number of hydrogen-bond acceptors (Lipinski definition) is 5. The molecule has 1 aliphatic rings. The van der Waals surface area contributed by atoms with Crippen LogP contribution in [-0.4, -0.2) is 32.3 Å². The Morgan fingerprint density at radius 2 is 1.59 bits per heavy atom. The predicted molar refractivity (Wildman–Crippen MR) is 83.0 cm³/mol. The van der Waals surface area contributed by atoms with Crippen molar-refractivity contribution in [2.75, 3.05) is 20.3 Å². The third-order valence-corrected chi connectivity index (χ3v) is 3.86. The fourth-order valence-electron chi connectivity index (χ4n) is 2.39. The molecule has 0 radical (unpaired) electrons. The molecule has 0 N–H and O–H groups in total. The molecule has 2 atom stereocenters. The van der Waals surface area contributed by atoms with E-state index in [9.17, 15) is 9.59 Å². The van der Waals surface area contributed by atoms with Crippen molar-refractivity contribution in [2.45, 2.75) is 52.4 Å². The highest BCUT2D eigenvalue weighted by atomic mass is 16.5. The number of esters is 2. The second-order valence-corrected chi connectivity index (χ2v) is 5.57. The second-order valence-electron chi connectivity index (χ2n) is 5.57. The second kappa shape index (κ2) is 10.2. The van der Waals surface area contributed by atoms with E-state index >= 15 is 0 Å². The first-order valence-corrected chi connectivity index (χ1v) is 8.20. The summed E-state index contributed by atoms with van der Waals surface area (Å²) in [6.07, 6.45) is 6.32. The SMILES string of the molecule is CCCCOC(=O)C1CC=C(OC)CC1C(=O)OCCCC. The van der Waals surface area contributed by atoms with Crippen molar-refractivity contribution in [1.29, 1.82) is 0 Å². The van der Waals surface area contributed by atoms with Gasteiger partial charge < -0.3 is 14.2 Å². The van der Waals surface area contributed by atoms with Crippen LogP contribution < -0.4 is 0 Å². The first-order valence-electron chi connectivity index (χ1n) is 8.20. The molecule has 126 valence electrons. The monoisotopic (exact) mass is 312 g/mol. The van der Waals surface area contributed by atoms with Crippen LogP contribution in [0, 0.1) is 11.8 Å². The summed E-state index contributed by atoms with van der Waals surface area (Å²) in [7, 11) is 1.57. The summed E-state index contributed by atoms with van der Waals surface area (Å²) < 4.78 is 15.8. The zero-order valence-electron chi connectivity index (χ0n) is 13.9. The van der Waals surface area contributed by atoms with E-state index in [1.54, 1.807) is 7.11 Å². The van der Waals surface area contributed by atoms with E-state index in [4.69, 9.17) is 14.2 Å². The Bertz CT molecular complexity index is 389. The van der Waals surface area contributed by atoms with E-state index in [2.05, 4.69) is 0 Å². The molecular weight excluding hydrogens is 284 g/mol. The fraction of sp³-hybridized carbons (Fsp3) is 0.765. The van der Waals surface area contributed by atoms with Gasteiger partial charge in [0.2, 0.25) is 0 Å². The van der Waals surface area contributed by atoms with E-state index in [0.717, 1.165) is 31.4 Å². The molecule has 1 rings (SSSR count). The lowest BCUT2D eigenvalue weighted by molar-refractivity contribution is -0.161. The number of methoxy groups -OCH3 is 1. The number of hydrogen-bond donors (Lipinski definition) is 0. The molecule has 0 aromatic carbocycles. The quantitative estimate of drug-likeness (QED) is 0.483. The number of carbonyl (C=O) groups is 2. The van der Waals surface area contributed by atoms with E-state index in [1.165, 1.54) is 0 Å². The van der Waals surface area contributed by atoms with Crippen molar-refractivity contribution in [2.24, 2.45) is 11.8 Å². The van der Waals surface area contributed by atoms with E-state index in [0.29, 0.717) is 26.1 Å². The van der Waals surface area contributed by atoms with Crippen LogP contribution in [0.1, 0.15) is 52.4 Å². The smallest absolute Gasteiger partial charge is 0.310 e. The Morgan fingerprint density at radius 1 is 1.05 bits per heavy atom. The zero-order valence-corrected chi connectivity index (χ0v) is 13.9. The van der Waals surface area contributed by atoms with Crippen molar-refractivity contribution in [3.8, 4) is 0 Å². The first kappa shape index (κ1) is 18.5. The van der Waals surface area contributed by atoms with E-state index in [-0.39, 0.29) is 11.9 Å². The van der Waals surface area contributed by atoms with Crippen LogP contribution in [0.3, 0.4) is 0 Å². The summed E-state index contributed by atoms with van der Waals surface area (Å²) in [6, 6.07) is 0. The first-order chi connectivity index (χ1) is 10.6. The van der Waals surface area contributed by atoms with Gasteiger partial charge in [0.15, 0.2) is 0 Å². The van der Waals surface area contributed by atoms with Crippen LogP contribution in [0.15, 0.2) is 11.8 Å². The Labute approximate surface area is 133 Å². The average Bonchev–Trinajstić information content (AvgIpc) is 2.54. The summed E-state index contributed by atoms with van der Waals surface area (Å²) in [6.45, 7) is 4.88. The maximum absolute atomic E-state index is 12.3. The molecule has 22 heavy (non-hydrogen) atoms. The lowest BCUT2D eigenvalue weighted by Gasteiger charge is -2.27. The van der Waals surface area contributed by atoms with Gasteiger partial charge in [0, 0.05) is 6.42 Å². The molecule has 1 aliphatic carbocycles. The minimum Gasteiger partial charge on any atom is -0.501 e. The molecule has 0 spiro atoms. The minimum absolute atomic E-state index is 0.308. The molecular formula is C17H28O5. The standard InChI is InChI=1S/C17H28O5/c1-4-6-10-21-16(18)14-9-8-13(20-3)12-15(14)17(19)22-11-7-5-2/h8,14-15H,4-7,9-12H2,1-3H3. The van der Waals surface area contributed by atoms with Crippen molar-refractivity contribution in [3.63, 3.8) is 0 Å². The molecule has 0 saturated heterocycles. The van der Waals surface area contributed by atoms with Crippen molar-refractivity contribution in [3.05, 3.63) is 11.8 Å². The topological polar surface area (TPSA) is 61.8 Å². The third-order valence-electron chi connectivity index (χ3n) is 3.86. The summed E-state index contributed by atoms with van der Waals surface area (Å²) >= 11 is 0. The normalized spacial score (nSPS) is 21.0. The van der Waals surface area contributed by atoms with Gasteiger partial charge >= 0.3 is 11.9 Å². The molecule has 0 aromatic rings. The molecule has 0 aromatic heterocycles. The lowest BCUT2D eigenvalue weighted by atomic mass is 9.82. The van der Waals surface area contributed by atoms with Gasteiger partial charge in [-0.15, -0.1) is 0 Å². The molecule has 5 heteroatoms. The van der Waals surface area contributed by atoms with Gasteiger partial charge in [-0.2, -0.15) is 0 Å². The highest BCUT2D eigenvalue weighted by Gasteiger charge is 2.38. The van der Waals surface area contributed by atoms with Crippen molar-refractivity contribution >= 4 is 11.9 Å². The molecule has 0 saturated carbocycles. The highest BCUT2D eigenvalue weighted by Crippen LogP contribution is 2.32. The van der Waals surface area contributed by atoms with Crippen molar-refractivity contribution in [1.82, 2.24) is 0 Å². The van der Waals surface area contributed by atoms with Gasteiger partial charge in [-0.3, -0.25) is 9.59 Å². The fourth-order valence-corrected chi connectivity index (χ4v) is 2.39. The maximum atomic E-state index is 12.3. The largest absolute Gasteiger partial charge is 0.501 e. The van der Waals surface area contributed by atoms with Gasteiger partial charge in [0.1, 0.15) is 0 Å². The maximum Gasteiger partial charge on any atom is 0.310 e. The number of unbranched alkanes of at least 4 members (excludes halogenated alkanes) is 2. The number of rotatable bonds is 9. The van der Waals surface area contributed by atoms with Gasteiger partial charge in [0.25, 0.3) is 0 Å². The van der Waals surface area contributed by atoms with E-state index in [1.807, 2.05) is 19.9 Å². The van der Waals surface area contributed by atoms with Crippen LogP contribution in [0.4, 0.5) is 0 Å². The number of carbonyl (C=O) groups excluding carboxylic acids is 2. The highest BCUT2D eigenvalue weighted by molar-refractivity contribution is 5.82. The van der Waals surface area contributed by atoms with Crippen LogP contribution in [0.2, 0.25) is 0 Å². The molecule has 2 unspecified atom stereocenters. The summed E-state index contributed by atoms with van der Waals surface area (Å²) in [5.41, 5.74) is 0. The summed E-state index contributed by atoms with van der Waals surface area (Å²) in [5.74, 6) is -0.878. The van der Waals surface area contributed by atoms with Gasteiger partial charge in [-0.1, -0.05) is 26.7 Å². The van der Waals surface area contributed by atoms with Crippen LogP contribution in [0.25, 0.3) is 0 Å². The predicted octanol–water partition coefficient (Wildman–Crippen LogP) is 3.23. The molecule has 0 amide bonds. The molecule has 0 bridgehead atoms. The average molecular weight is 312 g/mol. The summed E-state index contributed by atoms with van der Waals surface area (Å²) in [5, 5.41) is 0. The number of allylic oxidation sites excluding steroid dienone is 2.